The number of sulfonamides is 1. The van der Waals surface area contributed by atoms with E-state index in [0.717, 1.165) is 11.3 Å². The zero-order chi connectivity index (χ0) is 15.6. The molecule has 6 nitrogen and oxygen atoms in total. The van der Waals surface area contributed by atoms with Gasteiger partial charge < -0.3 is 5.73 Å². The lowest BCUT2D eigenvalue weighted by Gasteiger charge is -2.22. The molecule has 0 fully saturated rings. The molecule has 0 spiro atoms. The van der Waals surface area contributed by atoms with Crippen molar-refractivity contribution in [1.82, 2.24) is 14.1 Å². The number of nitrogens with zero attached hydrogens (tertiary/aromatic N) is 3. The van der Waals surface area contributed by atoms with E-state index in [1.807, 2.05) is 31.4 Å². The van der Waals surface area contributed by atoms with Crippen LogP contribution in [0.4, 0.5) is 5.82 Å². The Morgan fingerprint density at radius 3 is 2.81 bits per heavy atom. The fourth-order valence-electron chi connectivity index (χ4n) is 2.03. The summed E-state index contributed by atoms with van der Waals surface area (Å²) in [7, 11) is -2.09. The molecular formula is C13H20N4O2S2. The Kier molecular flexibility index (Phi) is 4.70. The first kappa shape index (κ1) is 16.0. The van der Waals surface area contributed by atoms with Crippen molar-refractivity contribution in [3.05, 3.63) is 28.6 Å². The fourth-order valence-corrected chi connectivity index (χ4v) is 4.33. The molecule has 116 valence electrons. The van der Waals surface area contributed by atoms with Crippen molar-refractivity contribution in [2.45, 2.75) is 37.8 Å². The Hall–Kier alpha value is -1.38. The highest BCUT2D eigenvalue weighted by atomic mass is 32.2. The highest BCUT2D eigenvalue weighted by molar-refractivity contribution is 7.89. The third kappa shape index (κ3) is 3.12. The van der Waals surface area contributed by atoms with Gasteiger partial charge in [-0.2, -0.15) is 9.40 Å². The second kappa shape index (κ2) is 6.17. The van der Waals surface area contributed by atoms with Gasteiger partial charge in [-0.05, 0) is 24.8 Å². The summed E-state index contributed by atoms with van der Waals surface area (Å²) in [5.41, 5.74) is 5.78. The summed E-state index contributed by atoms with van der Waals surface area (Å²) in [4.78, 5) is 1.06. The number of aryl methyl sites for hydroxylation is 1. The SMILES string of the molecule is CCCn1cc(S(=O)(=O)N(C)C(C)c2cccs2)c(N)n1. The Balaban J connectivity index is 2.33. The minimum Gasteiger partial charge on any atom is -0.381 e. The molecule has 0 aliphatic heterocycles. The molecular weight excluding hydrogens is 308 g/mol. The van der Waals surface area contributed by atoms with Crippen LogP contribution in [0.3, 0.4) is 0 Å². The third-order valence-corrected chi connectivity index (χ3v) is 6.35. The Morgan fingerprint density at radius 1 is 1.52 bits per heavy atom. The van der Waals surface area contributed by atoms with Crippen LogP contribution >= 0.6 is 11.3 Å². The Labute approximate surface area is 129 Å². The smallest absolute Gasteiger partial charge is 0.248 e. The molecule has 1 unspecified atom stereocenters. The van der Waals surface area contributed by atoms with Gasteiger partial charge in [-0.25, -0.2) is 8.42 Å². The maximum Gasteiger partial charge on any atom is 0.248 e. The van der Waals surface area contributed by atoms with Crippen LogP contribution in [0.25, 0.3) is 0 Å². The third-order valence-electron chi connectivity index (χ3n) is 3.37. The molecule has 2 N–H and O–H groups in total. The summed E-state index contributed by atoms with van der Waals surface area (Å²) < 4.78 is 28.3. The summed E-state index contributed by atoms with van der Waals surface area (Å²) >= 11 is 1.53. The number of hydrogen-bond donors (Lipinski definition) is 1. The molecule has 0 radical (unpaired) electrons. The van der Waals surface area contributed by atoms with Crippen LogP contribution in [0.2, 0.25) is 0 Å². The summed E-state index contributed by atoms with van der Waals surface area (Å²) in [5, 5.41) is 5.99. The van der Waals surface area contributed by atoms with Crippen LogP contribution in [0.5, 0.6) is 0 Å². The minimum absolute atomic E-state index is 0.0497. The van der Waals surface area contributed by atoms with E-state index in [2.05, 4.69) is 5.10 Å². The van der Waals surface area contributed by atoms with Gasteiger partial charge in [0.1, 0.15) is 4.90 Å². The number of anilines is 1. The van der Waals surface area contributed by atoms with Gasteiger partial charge in [0.25, 0.3) is 0 Å². The fraction of sp³-hybridized carbons (Fsp3) is 0.462. The molecule has 2 rings (SSSR count). The summed E-state index contributed by atoms with van der Waals surface area (Å²) in [6.45, 7) is 4.50. The van der Waals surface area contributed by atoms with Crippen molar-refractivity contribution >= 4 is 27.2 Å². The predicted octanol–water partition coefficient (Wildman–Crippen LogP) is 2.32. The minimum atomic E-state index is -3.66. The zero-order valence-electron chi connectivity index (χ0n) is 12.4. The molecule has 2 heterocycles. The molecule has 0 aliphatic rings. The largest absolute Gasteiger partial charge is 0.381 e. The van der Waals surface area contributed by atoms with Gasteiger partial charge in [0.2, 0.25) is 10.0 Å². The maximum atomic E-state index is 12.7. The van der Waals surface area contributed by atoms with Crippen LogP contribution in [0.15, 0.2) is 28.6 Å². The van der Waals surface area contributed by atoms with Gasteiger partial charge in [-0.1, -0.05) is 13.0 Å². The topological polar surface area (TPSA) is 81.2 Å². The van der Waals surface area contributed by atoms with E-state index in [4.69, 9.17) is 5.73 Å². The van der Waals surface area contributed by atoms with Crippen molar-refractivity contribution in [3.63, 3.8) is 0 Å². The van der Waals surface area contributed by atoms with Crippen LogP contribution in [-0.4, -0.2) is 29.6 Å². The number of thiophene rings is 1. The van der Waals surface area contributed by atoms with E-state index in [-0.39, 0.29) is 16.8 Å². The van der Waals surface area contributed by atoms with Crippen molar-refractivity contribution in [2.24, 2.45) is 0 Å². The van der Waals surface area contributed by atoms with E-state index in [9.17, 15) is 8.42 Å². The molecule has 2 aromatic rings. The predicted molar refractivity (Wildman–Crippen MR) is 84.6 cm³/mol. The maximum absolute atomic E-state index is 12.7. The van der Waals surface area contributed by atoms with Crippen molar-refractivity contribution in [1.29, 1.82) is 0 Å². The Morgan fingerprint density at radius 2 is 2.24 bits per heavy atom. The molecule has 2 aromatic heterocycles. The van der Waals surface area contributed by atoms with E-state index >= 15 is 0 Å². The summed E-state index contributed by atoms with van der Waals surface area (Å²) in [6.07, 6.45) is 2.37. The average Bonchev–Trinajstić information content (AvgIpc) is 3.07. The normalized spacial score (nSPS) is 13.7. The molecule has 0 bridgehead atoms. The zero-order valence-corrected chi connectivity index (χ0v) is 14.0. The van der Waals surface area contributed by atoms with Gasteiger partial charge in [0, 0.05) is 24.7 Å². The van der Waals surface area contributed by atoms with Gasteiger partial charge >= 0.3 is 0 Å². The second-order valence-corrected chi connectivity index (χ2v) is 7.80. The lowest BCUT2D eigenvalue weighted by Crippen LogP contribution is -2.29. The highest BCUT2D eigenvalue weighted by Gasteiger charge is 2.30. The summed E-state index contributed by atoms with van der Waals surface area (Å²) in [6, 6.07) is 3.58. The summed E-state index contributed by atoms with van der Waals surface area (Å²) in [5.74, 6) is 0.0497. The van der Waals surface area contributed by atoms with Crippen molar-refractivity contribution in [2.75, 3.05) is 12.8 Å². The van der Waals surface area contributed by atoms with E-state index in [1.54, 1.807) is 11.7 Å². The number of aromatic nitrogens is 2. The van der Waals surface area contributed by atoms with E-state index < -0.39 is 10.0 Å². The van der Waals surface area contributed by atoms with Crippen LogP contribution in [-0.2, 0) is 16.6 Å². The van der Waals surface area contributed by atoms with Crippen molar-refractivity contribution in [3.8, 4) is 0 Å². The number of hydrogen-bond acceptors (Lipinski definition) is 5. The Bertz CT molecular complexity index is 692. The van der Waals surface area contributed by atoms with Crippen LogP contribution in [0.1, 0.15) is 31.2 Å². The lowest BCUT2D eigenvalue weighted by molar-refractivity contribution is 0.403. The first-order valence-corrected chi connectivity index (χ1v) is 9.04. The van der Waals surface area contributed by atoms with E-state index in [0.29, 0.717) is 6.54 Å². The van der Waals surface area contributed by atoms with Crippen LogP contribution < -0.4 is 5.73 Å². The van der Waals surface area contributed by atoms with Gasteiger partial charge in [0.05, 0.1) is 6.04 Å². The molecule has 0 aliphatic carbocycles. The molecule has 0 saturated carbocycles. The van der Waals surface area contributed by atoms with Gasteiger partial charge in [-0.15, -0.1) is 11.3 Å². The highest BCUT2D eigenvalue weighted by Crippen LogP contribution is 2.30. The quantitative estimate of drug-likeness (QED) is 0.882. The second-order valence-electron chi connectivity index (χ2n) is 4.85. The van der Waals surface area contributed by atoms with Gasteiger partial charge in [-0.3, -0.25) is 4.68 Å². The monoisotopic (exact) mass is 328 g/mol. The molecule has 0 aromatic carbocycles. The molecule has 21 heavy (non-hydrogen) atoms. The lowest BCUT2D eigenvalue weighted by atomic mass is 10.3. The van der Waals surface area contributed by atoms with Gasteiger partial charge in [0.15, 0.2) is 5.82 Å². The number of rotatable bonds is 6. The standard InChI is InChI=1S/C13H20N4O2S2/c1-4-7-17-9-12(13(14)15-17)21(18,19)16(3)10(2)11-6-5-8-20-11/h5-6,8-10H,4,7H2,1-3H3,(H2,14,15). The first-order valence-electron chi connectivity index (χ1n) is 6.72. The molecule has 0 saturated heterocycles. The average molecular weight is 328 g/mol. The molecule has 1 atom stereocenters. The first-order chi connectivity index (χ1) is 9.87. The number of nitrogens with two attached hydrogens (primary N) is 1. The molecule has 0 amide bonds. The number of nitrogen functional groups attached to an aromatic ring is 1. The molecule has 8 heteroatoms. The van der Waals surface area contributed by atoms with Crippen LogP contribution in [0, 0.1) is 0 Å². The van der Waals surface area contributed by atoms with Crippen molar-refractivity contribution < 1.29 is 8.42 Å². The van der Waals surface area contributed by atoms with E-state index in [1.165, 1.54) is 21.8 Å².